The van der Waals surface area contributed by atoms with E-state index < -0.39 is 5.82 Å². The van der Waals surface area contributed by atoms with Crippen LogP contribution in [0.3, 0.4) is 0 Å². The fourth-order valence-electron chi connectivity index (χ4n) is 3.41. The van der Waals surface area contributed by atoms with Gasteiger partial charge in [0.15, 0.2) is 0 Å². The first-order valence-corrected chi connectivity index (χ1v) is 11.5. The van der Waals surface area contributed by atoms with Crippen LogP contribution < -0.4 is 14.8 Å². The second kappa shape index (κ2) is 10.9. The fraction of sp³-hybridized carbons (Fsp3) is 0.111. The number of halogens is 2. The van der Waals surface area contributed by atoms with Gasteiger partial charge in [0.25, 0.3) is 0 Å². The van der Waals surface area contributed by atoms with Gasteiger partial charge in [0.05, 0.1) is 21.4 Å². The number of aromatic nitrogens is 1. The topological polar surface area (TPSA) is 67.2 Å². The lowest BCUT2D eigenvalue weighted by molar-refractivity contribution is 0.267. The molecule has 0 fully saturated rings. The third-order valence-electron chi connectivity index (χ3n) is 5.17. The van der Waals surface area contributed by atoms with E-state index in [0.717, 1.165) is 11.1 Å². The van der Waals surface area contributed by atoms with E-state index in [9.17, 15) is 4.39 Å². The summed E-state index contributed by atoms with van der Waals surface area (Å²) in [5.41, 5.74) is 3.59. The van der Waals surface area contributed by atoms with Crippen molar-refractivity contribution >= 4 is 27.3 Å². The van der Waals surface area contributed by atoms with Gasteiger partial charge in [0.2, 0.25) is 11.8 Å². The van der Waals surface area contributed by atoms with Gasteiger partial charge in [-0.05, 0) is 45.3 Å². The van der Waals surface area contributed by atoms with Crippen molar-refractivity contribution in [3.63, 3.8) is 0 Å². The minimum atomic E-state index is -0.413. The number of benzene rings is 3. The minimum Gasteiger partial charge on any atom is -0.473 e. The molecule has 4 aromatic rings. The Labute approximate surface area is 206 Å². The molecule has 0 bridgehead atoms. The zero-order chi connectivity index (χ0) is 23.9. The number of hydrogen-bond acceptors (Lipinski definition) is 5. The lowest BCUT2D eigenvalue weighted by atomic mass is 10.0. The summed E-state index contributed by atoms with van der Waals surface area (Å²) >= 11 is 3.27. The Hall–Kier alpha value is -3.71. The number of rotatable bonds is 9. The highest BCUT2D eigenvalue weighted by molar-refractivity contribution is 9.10. The molecule has 172 valence electrons. The molecule has 3 aromatic carbocycles. The zero-order valence-electron chi connectivity index (χ0n) is 18.5. The molecular formula is C27H23BrFN3O2. The van der Waals surface area contributed by atoms with Crippen molar-refractivity contribution < 1.29 is 13.9 Å². The van der Waals surface area contributed by atoms with Gasteiger partial charge in [0.1, 0.15) is 19.0 Å². The normalized spacial score (nSPS) is 10.6. The Morgan fingerprint density at radius 1 is 0.853 bits per heavy atom. The minimum absolute atomic E-state index is 0.148. The molecular weight excluding hydrogens is 497 g/mol. The summed E-state index contributed by atoms with van der Waals surface area (Å²) in [5, 5.41) is 11.8. The summed E-state index contributed by atoms with van der Waals surface area (Å²) in [6.07, 6.45) is 0. The van der Waals surface area contributed by atoms with Crippen LogP contribution in [-0.2, 0) is 13.2 Å². The average molecular weight is 520 g/mol. The Kier molecular flexibility index (Phi) is 7.54. The summed E-state index contributed by atoms with van der Waals surface area (Å²) in [6, 6.07) is 25.9. The third-order valence-corrected chi connectivity index (χ3v) is 5.94. The Morgan fingerprint density at radius 3 is 2.06 bits per heavy atom. The lowest BCUT2D eigenvalue weighted by Crippen LogP contribution is -2.11. The van der Waals surface area contributed by atoms with Crippen molar-refractivity contribution in [3.8, 4) is 11.8 Å². The summed E-state index contributed by atoms with van der Waals surface area (Å²) in [6.45, 7) is 0.639. The molecule has 1 aromatic heterocycles. The van der Waals surface area contributed by atoms with Crippen molar-refractivity contribution in [2.24, 2.45) is 0 Å². The summed E-state index contributed by atoms with van der Waals surface area (Å²) in [4.78, 5) is 4.55. The molecule has 0 amide bonds. The third kappa shape index (κ3) is 5.43. The predicted molar refractivity (Wildman–Crippen MR) is 135 cm³/mol. The van der Waals surface area contributed by atoms with Gasteiger partial charge in [-0.25, -0.2) is 4.39 Å². The molecule has 0 aliphatic carbocycles. The van der Waals surface area contributed by atoms with Crippen LogP contribution in [0.2, 0.25) is 0 Å². The second-order valence-electron chi connectivity index (χ2n) is 7.46. The van der Waals surface area contributed by atoms with E-state index in [4.69, 9.17) is 14.9 Å². The smallest absolute Gasteiger partial charge is 0.226 e. The molecule has 0 unspecified atom stereocenters. The van der Waals surface area contributed by atoms with Crippen molar-refractivity contribution in [3.05, 3.63) is 117 Å². The van der Waals surface area contributed by atoms with Crippen molar-refractivity contribution in [2.75, 3.05) is 12.4 Å². The zero-order valence-corrected chi connectivity index (χ0v) is 20.1. The monoisotopic (exact) mass is 519 g/mol. The van der Waals surface area contributed by atoms with Gasteiger partial charge >= 0.3 is 0 Å². The van der Waals surface area contributed by atoms with Crippen molar-refractivity contribution in [1.82, 2.24) is 4.98 Å². The largest absolute Gasteiger partial charge is 0.473 e. The first-order valence-electron chi connectivity index (χ1n) is 10.7. The van der Waals surface area contributed by atoms with Crippen LogP contribution in [0.25, 0.3) is 0 Å². The molecule has 0 radical (unpaired) electrons. The predicted octanol–water partition coefficient (Wildman–Crippen LogP) is 6.60. The van der Waals surface area contributed by atoms with E-state index in [2.05, 4.69) is 26.2 Å². The molecule has 0 spiro atoms. The van der Waals surface area contributed by atoms with E-state index in [1.54, 1.807) is 25.2 Å². The van der Waals surface area contributed by atoms with Crippen LogP contribution in [0, 0.1) is 11.2 Å². The van der Waals surface area contributed by atoms with Crippen molar-refractivity contribution in [1.29, 1.82) is 5.41 Å². The van der Waals surface area contributed by atoms with E-state index in [1.807, 2.05) is 60.7 Å². The molecule has 34 heavy (non-hydrogen) atoms. The van der Waals surface area contributed by atoms with Gasteiger partial charge in [-0.1, -0.05) is 60.7 Å². The van der Waals surface area contributed by atoms with Gasteiger partial charge < -0.3 is 14.8 Å². The maximum atomic E-state index is 14.1. The quantitative estimate of drug-likeness (QED) is 0.244. The molecule has 0 aliphatic heterocycles. The fourth-order valence-corrected chi connectivity index (χ4v) is 3.95. The summed E-state index contributed by atoms with van der Waals surface area (Å²) < 4.78 is 26.3. The van der Waals surface area contributed by atoms with Crippen LogP contribution in [0.1, 0.15) is 22.3 Å². The standard InChI is InChI=1S/C27H23BrFN3O2/c1-31-26-20(12-14-22(29)24(26)28)25(30)21-13-15-23(33-16-18-8-4-2-5-9-18)32-27(21)34-17-19-10-6-3-7-11-19/h2-15,30-31H,16-17H2,1H3. The number of hydrogen-bond donors (Lipinski definition) is 2. The van der Waals surface area contributed by atoms with Gasteiger partial charge in [-0.2, -0.15) is 4.98 Å². The molecule has 2 N–H and O–H groups in total. The number of pyridine rings is 1. The van der Waals surface area contributed by atoms with E-state index in [-0.39, 0.29) is 22.7 Å². The van der Waals surface area contributed by atoms with Crippen molar-refractivity contribution in [2.45, 2.75) is 13.2 Å². The second-order valence-corrected chi connectivity index (χ2v) is 8.25. The number of nitrogens with one attached hydrogen (secondary N) is 2. The first-order chi connectivity index (χ1) is 16.6. The van der Waals surface area contributed by atoms with Crippen LogP contribution in [0.15, 0.2) is 89.4 Å². The average Bonchev–Trinajstić information content (AvgIpc) is 2.88. The SMILES string of the molecule is CNc1c(C(=N)c2ccc(OCc3ccccc3)nc2OCc2ccccc2)ccc(F)c1Br. The Morgan fingerprint density at radius 2 is 1.44 bits per heavy atom. The van der Waals surface area contributed by atoms with Gasteiger partial charge in [-0.15, -0.1) is 0 Å². The highest BCUT2D eigenvalue weighted by Crippen LogP contribution is 2.33. The molecule has 0 aliphatic rings. The molecule has 0 atom stereocenters. The molecule has 0 saturated carbocycles. The highest BCUT2D eigenvalue weighted by atomic mass is 79.9. The molecule has 4 rings (SSSR count). The highest BCUT2D eigenvalue weighted by Gasteiger charge is 2.20. The van der Waals surface area contributed by atoms with Crippen LogP contribution >= 0.6 is 15.9 Å². The maximum Gasteiger partial charge on any atom is 0.226 e. The molecule has 0 saturated heterocycles. The number of nitrogens with zero attached hydrogens (tertiary/aromatic N) is 1. The molecule has 7 heteroatoms. The van der Waals surface area contributed by atoms with E-state index >= 15 is 0 Å². The molecule has 1 heterocycles. The Balaban J connectivity index is 1.66. The van der Waals surface area contributed by atoms with Gasteiger partial charge in [-0.3, -0.25) is 5.41 Å². The summed E-state index contributed by atoms with van der Waals surface area (Å²) in [7, 11) is 1.68. The first kappa shape index (κ1) is 23.4. The number of anilines is 1. The van der Waals surface area contributed by atoms with E-state index in [0.29, 0.717) is 29.3 Å². The van der Waals surface area contributed by atoms with E-state index in [1.165, 1.54) is 6.07 Å². The van der Waals surface area contributed by atoms with Crippen LogP contribution in [-0.4, -0.2) is 17.7 Å². The molecule has 5 nitrogen and oxygen atoms in total. The van der Waals surface area contributed by atoms with Crippen LogP contribution in [0.5, 0.6) is 11.8 Å². The lowest BCUT2D eigenvalue weighted by Gasteiger charge is -2.16. The Bertz CT molecular complexity index is 1280. The van der Waals surface area contributed by atoms with Gasteiger partial charge in [0, 0.05) is 18.7 Å². The summed E-state index contributed by atoms with van der Waals surface area (Å²) in [5.74, 6) is 0.240. The number of ether oxygens (including phenoxy) is 2. The van der Waals surface area contributed by atoms with Crippen LogP contribution in [0.4, 0.5) is 10.1 Å². The maximum absolute atomic E-state index is 14.1.